The fraction of sp³-hybridized carbons (Fsp3) is 0. The summed E-state index contributed by atoms with van der Waals surface area (Å²) in [6.45, 7) is 0. The van der Waals surface area contributed by atoms with Crippen molar-refractivity contribution in [2.75, 3.05) is 0 Å². The number of phenols is 1. The first-order valence-electron chi connectivity index (χ1n) is 5.73. The fourth-order valence-corrected chi connectivity index (χ4v) is 2.56. The quantitative estimate of drug-likeness (QED) is 0.672. The molecule has 0 aliphatic rings. The molecule has 0 saturated heterocycles. The SMILES string of the molecule is Oc1c(Br)cccc1-c1cccc2ccccc12. The summed E-state index contributed by atoms with van der Waals surface area (Å²) in [5.41, 5.74) is 1.90. The van der Waals surface area contributed by atoms with E-state index in [4.69, 9.17) is 0 Å². The maximum absolute atomic E-state index is 10.2. The number of hydrogen-bond acceptors (Lipinski definition) is 1. The minimum atomic E-state index is 0.286. The Labute approximate surface area is 114 Å². The Bertz CT molecular complexity index is 714. The van der Waals surface area contributed by atoms with E-state index < -0.39 is 0 Å². The van der Waals surface area contributed by atoms with Crippen LogP contribution in [0.25, 0.3) is 21.9 Å². The van der Waals surface area contributed by atoms with Crippen molar-refractivity contribution in [3.8, 4) is 16.9 Å². The number of hydrogen-bond donors (Lipinski definition) is 1. The first kappa shape index (κ1) is 11.3. The van der Waals surface area contributed by atoms with Crippen molar-refractivity contribution in [2.45, 2.75) is 0 Å². The van der Waals surface area contributed by atoms with Gasteiger partial charge in [-0.15, -0.1) is 0 Å². The van der Waals surface area contributed by atoms with Crippen LogP contribution in [-0.2, 0) is 0 Å². The summed E-state index contributed by atoms with van der Waals surface area (Å²) in [6, 6.07) is 20.0. The van der Waals surface area contributed by atoms with E-state index in [2.05, 4.69) is 34.1 Å². The van der Waals surface area contributed by atoms with Gasteiger partial charge in [0.2, 0.25) is 0 Å². The summed E-state index contributed by atoms with van der Waals surface area (Å²) in [7, 11) is 0. The third-order valence-electron chi connectivity index (χ3n) is 3.07. The topological polar surface area (TPSA) is 20.2 Å². The number of rotatable bonds is 1. The molecule has 0 unspecified atom stereocenters. The van der Waals surface area contributed by atoms with Crippen LogP contribution in [0.15, 0.2) is 65.1 Å². The summed E-state index contributed by atoms with van der Waals surface area (Å²) >= 11 is 3.36. The van der Waals surface area contributed by atoms with Crippen molar-refractivity contribution in [2.24, 2.45) is 0 Å². The molecular weight excluding hydrogens is 288 g/mol. The highest BCUT2D eigenvalue weighted by atomic mass is 79.9. The molecule has 18 heavy (non-hydrogen) atoms. The maximum atomic E-state index is 10.2. The Balaban J connectivity index is 2.35. The molecule has 0 heterocycles. The molecule has 3 aromatic carbocycles. The minimum Gasteiger partial charge on any atom is -0.506 e. The molecule has 0 aromatic heterocycles. The highest BCUT2D eigenvalue weighted by Crippen LogP contribution is 2.38. The van der Waals surface area contributed by atoms with Crippen molar-refractivity contribution in [3.05, 3.63) is 65.1 Å². The Kier molecular flexibility index (Phi) is 2.80. The van der Waals surface area contributed by atoms with Crippen LogP contribution in [0, 0.1) is 0 Å². The first-order valence-corrected chi connectivity index (χ1v) is 6.52. The molecule has 0 amide bonds. The van der Waals surface area contributed by atoms with Crippen LogP contribution < -0.4 is 0 Å². The molecule has 3 rings (SSSR count). The molecule has 0 aliphatic carbocycles. The summed E-state index contributed by atoms with van der Waals surface area (Å²) in [5.74, 6) is 0.286. The summed E-state index contributed by atoms with van der Waals surface area (Å²) in [5, 5.41) is 12.5. The molecule has 1 nitrogen and oxygen atoms in total. The first-order chi connectivity index (χ1) is 8.77. The van der Waals surface area contributed by atoms with Crippen LogP contribution in [0.4, 0.5) is 0 Å². The molecule has 3 aromatic rings. The lowest BCUT2D eigenvalue weighted by molar-refractivity contribution is 0.474. The predicted octanol–water partition coefficient (Wildman–Crippen LogP) is 4.97. The molecule has 0 bridgehead atoms. The van der Waals surface area contributed by atoms with Gasteiger partial charge < -0.3 is 5.11 Å². The van der Waals surface area contributed by atoms with Crippen molar-refractivity contribution >= 4 is 26.7 Å². The second kappa shape index (κ2) is 4.46. The average molecular weight is 299 g/mol. The van der Waals surface area contributed by atoms with Gasteiger partial charge in [0.15, 0.2) is 0 Å². The molecule has 1 N–H and O–H groups in total. The number of aromatic hydroxyl groups is 1. The van der Waals surface area contributed by atoms with Crippen LogP contribution >= 0.6 is 15.9 Å². The lowest BCUT2D eigenvalue weighted by Crippen LogP contribution is -1.82. The van der Waals surface area contributed by atoms with E-state index in [0.29, 0.717) is 4.47 Å². The maximum Gasteiger partial charge on any atom is 0.137 e. The van der Waals surface area contributed by atoms with Gasteiger partial charge in [0.05, 0.1) is 4.47 Å². The van der Waals surface area contributed by atoms with Crippen LogP contribution in [0.1, 0.15) is 0 Å². The zero-order valence-electron chi connectivity index (χ0n) is 9.60. The van der Waals surface area contributed by atoms with Gasteiger partial charge in [-0.3, -0.25) is 0 Å². The standard InChI is InChI=1S/C16H11BrO/c17-15-10-4-9-14(16(15)18)13-8-3-6-11-5-1-2-7-12(11)13/h1-10,18H. The number of benzene rings is 3. The lowest BCUT2D eigenvalue weighted by atomic mass is 9.98. The van der Waals surface area contributed by atoms with E-state index in [1.807, 2.05) is 42.5 Å². The fourth-order valence-electron chi connectivity index (χ4n) is 2.19. The summed E-state index contributed by atoms with van der Waals surface area (Å²) in [6.07, 6.45) is 0. The van der Waals surface area contributed by atoms with E-state index in [1.54, 1.807) is 0 Å². The van der Waals surface area contributed by atoms with Crippen LogP contribution in [-0.4, -0.2) is 5.11 Å². The van der Waals surface area contributed by atoms with E-state index in [0.717, 1.165) is 16.5 Å². The number of phenolic OH excluding ortho intramolecular Hbond substituents is 1. The molecule has 2 heteroatoms. The zero-order valence-corrected chi connectivity index (χ0v) is 11.2. The number of para-hydroxylation sites is 1. The number of fused-ring (bicyclic) bond motifs is 1. The van der Waals surface area contributed by atoms with Gasteiger partial charge in [-0.05, 0) is 38.3 Å². The monoisotopic (exact) mass is 298 g/mol. The van der Waals surface area contributed by atoms with Crippen LogP contribution in [0.2, 0.25) is 0 Å². The molecule has 0 atom stereocenters. The van der Waals surface area contributed by atoms with Crippen molar-refractivity contribution in [1.82, 2.24) is 0 Å². The third kappa shape index (κ3) is 1.79. The van der Waals surface area contributed by atoms with Crippen molar-refractivity contribution < 1.29 is 5.11 Å². The van der Waals surface area contributed by atoms with E-state index in [9.17, 15) is 5.11 Å². The van der Waals surface area contributed by atoms with E-state index >= 15 is 0 Å². The highest BCUT2D eigenvalue weighted by Gasteiger charge is 2.09. The lowest BCUT2D eigenvalue weighted by Gasteiger charge is -2.09. The largest absolute Gasteiger partial charge is 0.506 e. The van der Waals surface area contributed by atoms with Gasteiger partial charge in [0.1, 0.15) is 5.75 Å². The summed E-state index contributed by atoms with van der Waals surface area (Å²) < 4.78 is 0.716. The normalized spacial score (nSPS) is 10.7. The molecule has 0 spiro atoms. The molecular formula is C16H11BrO. The smallest absolute Gasteiger partial charge is 0.137 e. The van der Waals surface area contributed by atoms with Gasteiger partial charge in [-0.25, -0.2) is 0 Å². The Hall–Kier alpha value is -1.80. The molecule has 88 valence electrons. The molecule has 0 radical (unpaired) electrons. The van der Waals surface area contributed by atoms with E-state index in [-0.39, 0.29) is 5.75 Å². The second-order valence-corrected chi connectivity index (χ2v) is 5.02. The number of halogens is 1. The third-order valence-corrected chi connectivity index (χ3v) is 3.71. The molecule has 0 aliphatic heterocycles. The van der Waals surface area contributed by atoms with Gasteiger partial charge in [-0.1, -0.05) is 54.6 Å². The van der Waals surface area contributed by atoms with Crippen molar-refractivity contribution in [3.63, 3.8) is 0 Å². The van der Waals surface area contributed by atoms with Gasteiger partial charge in [-0.2, -0.15) is 0 Å². The Morgan fingerprint density at radius 2 is 1.39 bits per heavy atom. The Morgan fingerprint density at radius 3 is 2.28 bits per heavy atom. The highest BCUT2D eigenvalue weighted by molar-refractivity contribution is 9.10. The zero-order chi connectivity index (χ0) is 12.5. The van der Waals surface area contributed by atoms with Crippen LogP contribution in [0.3, 0.4) is 0 Å². The average Bonchev–Trinajstić information content (AvgIpc) is 2.41. The minimum absolute atomic E-state index is 0.286. The van der Waals surface area contributed by atoms with Gasteiger partial charge in [0.25, 0.3) is 0 Å². The Morgan fingerprint density at radius 1 is 0.722 bits per heavy atom. The van der Waals surface area contributed by atoms with Crippen molar-refractivity contribution in [1.29, 1.82) is 0 Å². The van der Waals surface area contributed by atoms with Crippen LogP contribution in [0.5, 0.6) is 5.75 Å². The summed E-state index contributed by atoms with van der Waals surface area (Å²) in [4.78, 5) is 0. The van der Waals surface area contributed by atoms with E-state index in [1.165, 1.54) is 5.39 Å². The molecule has 0 saturated carbocycles. The van der Waals surface area contributed by atoms with Gasteiger partial charge in [0, 0.05) is 5.56 Å². The molecule has 0 fully saturated rings. The van der Waals surface area contributed by atoms with Gasteiger partial charge >= 0.3 is 0 Å². The predicted molar refractivity (Wildman–Crippen MR) is 78.7 cm³/mol. The second-order valence-electron chi connectivity index (χ2n) is 4.16.